The number of hydrogen-bond acceptors (Lipinski definition) is 4. The molecule has 0 atom stereocenters. The summed E-state index contributed by atoms with van der Waals surface area (Å²) in [4.78, 5) is 23.9. The molecule has 2 aromatic carbocycles. The van der Waals surface area contributed by atoms with Gasteiger partial charge in [0, 0.05) is 40.0 Å². The molecule has 2 aliphatic carbocycles. The lowest BCUT2D eigenvalue weighted by atomic mass is 9.99. The van der Waals surface area contributed by atoms with E-state index in [9.17, 15) is 9.59 Å². The highest BCUT2D eigenvalue weighted by atomic mass is 16.2. The first-order valence-electron chi connectivity index (χ1n) is 9.22. The zero-order valence-electron chi connectivity index (χ0n) is 14.9. The molecular formula is C21H22N4O2. The second kappa shape index (κ2) is 6.87. The van der Waals surface area contributed by atoms with Crippen molar-refractivity contribution in [3.05, 3.63) is 53.6 Å². The molecule has 0 spiro atoms. The van der Waals surface area contributed by atoms with Crippen LogP contribution in [0.5, 0.6) is 0 Å². The summed E-state index contributed by atoms with van der Waals surface area (Å²) in [6.07, 6.45) is 3.75. The molecule has 0 unspecified atom stereocenters. The SMILES string of the molecule is N=C(c1cccc(NC(=O)C2CC2)c1)c1cc(NC(=O)C2CC2)ccc1N. The minimum Gasteiger partial charge on any atom is -0.398 e. The highest BCUT2D eigenvalue weighted by molar-refractivity contribution is 6.15. The monoisotopic (exact) mass is 362 g/mol. The van der Waals surface area contributed by atoms with Crippen LogP contribution in [0, 0.1) is 17.2 Å². The van der Waals surface area contributed by atoms with E-state index < -0.39 is 0 Å². The number of nitrogens with two attached hydrogens (primary N) is 1. The van der Waals surface area contributed by atoms with Crippen LogP contribution in [0.4, 0.5) is 17.1 Å². The zero-order chi connectivity index (χ0) is 19.0. The van der Waals surface area contributed by atoms with E-state index in [0.717, 1.165) is 25.7 Å². The Bertz CT molecular complexity index is 930. The van der Waals surface area contributed by atoms with Gasteiger partial charge in [0.05, 0.1) is 5.71 Å². The maximum atomic E-state index is 12.0. The molecule has 2 aromatic rings. The van der Waals surface area contributed by atoms with E-state index in [1.165, 1.54) is 0 Å². The second-order valence-electron chi connectivity index (χ2n) is 7.28. The van der Waals surface area contributed by atoms with E-state index in [1.807, 2.05) is 12.1 Å². The van der Waals surface area contributed by atoms with Crippen molar-refractivity contribution in [1.82, 2.24) is 0 Å². The normalized spacial score (nSPS) is 15.9. The summed E-state index contributed by atoms with van der Waals surface area (Å²) in [6, 6.07) is 12.4. The van der Waals surface area contributed by atoms with Gasteiger partial charge >= 0.3 is 0 Å². The average Bonchev–Trinajstić information content (AvgIpc) is 3.55. The van der Waals surface area contributed by atoms with Crippen LogP contribution in [-0.4, -0.2) is 17.5 Å². The third-order valence-electron chi connectivity index (χ3n) is 4.91. The predicted octanol–water partition coefficient (Wildman–Crippen LogP) is 3.38. The minimum atomic E-state index is 0.0158. The summed E-state index contributed by atoms with van der Waals surface area (Å²) in [6.45, 7) is 0. The lowest BCUT2D eigenvalue weighted by Gasteiger charge is -2.12. The molecule has 0 heterocycles. The third-order valence-corrected chi connectivity index (χ3v) is 4.91. The zero-order valence-corrected chi connectivity index (χ0v) is 14.9. The van der Waals surface area contributed by atoms with Crippen molar-refractivity contribution < 1.29 is 9.59 Å². The Morgan fingerprint density at radius 1 is 0.889 bits per heavy atom. The van der Waals surface area contributed by atoms with Gasteiger partial charge in [-0.1, -0.05) is 12.1 Å². The largest absolute Gasteiger partial charge is 0.398 e. The molecule has 138 valence electrons. The summed E-state index contributed by atoms with van der Waals surface area (Å²) in [7, 11) is 0. The molecule has 0 aromatic heterocycles. The number of benzene rings is 2. The standard InChI is InChI=1S/C21H22N4O2/c22-18-9-8-16(25-21(27)13-6-7-13)11-17(18)19(23)14-2-1-3-15(10-14)24-20(26)12-4-5-12/h1-3,8-13,23H,4-7,22H2,(H,24,26)(H,25,27). The number of nitrogen functional groups attached to an aromatic ring is 1. The van der Waals surface area contributed by atoms with E-state index in [4.69, 9.17) is 11.1 Å². The van der Waals surface area contributed by atoms with Gasteiger partial charge in [-0.25, -0.2) is 0 Å². The number of amides is 2. The molecule has 27 heavy (non-hydrogen) atoms. The van der Waals surface area contributed by atoms with Gasteiger partial charge in [-0.2, -0.15) is 0 Å². The van der Waals surface area contributed by atoms with Gasteiger partial charge < -0.3 is 16.4 Å². The number of carbonyl (C=O) groups is 2. The van der Waals surface area contributed by atoms with Crippen molar-refractivity contribution in [2.45, 2.75) is 25.7 Å². The van der Waals surface area contributed by atoms with Gasteiger partial charge in [0.1, 0.15) is 0 Å². The summed E-state index contributed by atoms with van der Waals surface area (Å²) >= 11 is 0. The summed E-state index contributed by atoms with van der Waals surface area (Å²) < 4.78 is 0. The van der Waals surface area contributed by atoms with Crippen molar-refractivity contribution >= 4 is 34.6 Å². The van der Waals surface area contributed by atoms with Crippen molar-refractivity contribution in [2.75, 3.05) is 16.4 Å². The van der Waals surface area contributed by atoms with Gasteiger partial charge in [-0.05, 0) is 56.0 Å². The fraction of sp³-hybridized carbons (Fsp3) is 0.286. The fourth-order valence-electron chi connectivity index (χ4n) is 2.94. The smallest absolute Gasteiger partial charge is 0.227 e. The van der Waals surface area contributed by atoms with Crippen molar-refractivity contribution in [2.24, 2.45) is 11.8 Å². The second-order valence-corrected chi connectivity index (χ2v) is 7.28. The van der Waals surface area contributed by atoms with Crippen LogP contribution in [0.1, 0.15) is 36.8 Å². The van der Waals surface area contributed by atoms with Crippen LogP contribution in [0.15, 0.2) is 42.5 Å². The van der Waals surface area contributed by atoms with E-state index in [2.05, 4.69) is 10.6 Å². The number of nitrogens with one attached hydrogen (secondary N) is 3. The lowest BCUT2D eigenvalue weighted by Crippen LogP contribution is -2.15. The Morgan fingerprint density at radius 3 is 2.07 bits per heavy atom. The minimum absolute atomic E-state index is 0.0158. The maximum absolute atomic E-state index is 12.0. The van der Waals surface area contributed by atoms with Gasteiger partial charge in [0.25, 0.3) is 0 Å². The number of anilines is 3. The van der Waals surface area contributed by atoms with Gasteiger partial charge in [0.15, 0.2) is 0 Å². The first-order valence-corrected chi connectivity index (χ1v) is 9.22. The van der Waals surface area contributed by atoms with Crippen LogP contribution in [0.2, 0.25) is 0 Å². The molecule has 2 saturated carbocycles. The topological polar surface area (TPSA) is 108 Å². The number of carbonyl (C=O) groups excluding carboxylic acids is 2. The molecular weight excluding hydrogens is 340 g/mol. The highest BCUT2D eigenvalue weighted by Gasteiger charge is 2.30. The molecule has 2 aliphatic rings. The quantitative estimate of drug-likeness (QED) is 0.467. The predicted molar refractivity (Wildman–Crippen MR) is 106 cm³/mol. The summed E-state index contributed by atoms with van der Waals surface area (Å²) in [5, 5.41) is 14.3. The van der Waals surface area contributed by atoms with Crippen LogP contribution in [0.3, 0.4) is 0 Å². The molecule has 0 saturated heterocycles. The Morgan fingerprint density at radius 2 is 1.48 bits per heavy atom. The van der Waals surface area contributed by atoms with Crippen molar-refractivity contribution in [3.8, 4) is 0 Å². The first kappa shape index (κ1) is 17.3. The molecule has 0 radical (unpaired) electrons. The maximum Gasteiger partial charge on any atom is 0.227 e. The van der Waals surface area contributed by atoms with Crippen molar-refractivity contribution in [3.63, 3.8) is 0 Å². The fourth-order valence-corrected chi connectivity index (χ4v) is 2.94. The van der Waals surface area contributed by atoms with E-state index in [0.29, 0.717) is 28.2 Å². The van der Waals surface area contributed by atoms with Crippen LogP contribution >= 0.6 is 0 Å². The first-order chi connectivity index (χ1) is 13.0. The molecule has 5 N–H and O–H groups in total. The van der Waals surface area contributed by atoms with Crippen LogP contribution < -0.4 is 16.4 Å². The number of hydrogen-bond donors (Lipinski definition) is 4. The summed E-state index contributed by atoms with van der Waals surface area (Å²) in [5.74, 6) is 0.276. The molecule has 2 amide bonds. The van der Waals surface area contributed by atoms with Gasteiger partial charge in [-0.15, -0.1) is 0 Å². The van der Waals surface area contributed by atoms with E-state index in [-0.39, 0.29) is 29.4 Å². The molecule has 6 heteroatoms. The van der Waals surface area contributed by atoms with E-state index >= 15 is 0 Å². The van der Waals surface area contributed by atoms with Gasteiger partial charge in [-0.3, -0.25) is 15.0 Å². The highest BCUT2D eigenvalue weighted by Crippen LogP contribution is 2.31. The van der Waals surface area contributed by atoms with Crippen LogP contribution in [0.25, 0.3) is 0 Å². The Hall–Kier alpha value is -3.15. The molecule has 6 nitrogen and oxygen atoms in total. The number of rotatable bonds is 6. The Kier molecular flexibility index (Phi) is 4.39. The molecule has 4 rings (SSSR count). The van der Waals surface area contributed by atoms with E-state index in [1.54, 1.807) is 30.3 Å². The summed E-state index contributed by atoms with van der Waals surface area (Å²) in [5.41, 5.74) is 9.31. The molecule has 0 bridgehead atoms. The lowest BCUT2D eigenvalue weighted by molar-refractivity contribution is -0.118. The Labute approximate surface area is 157 Å². The molecule has 2 fully saturated rings. The van der Waals surface area contributed by atoms with Gasteiger partial charge in [0.2, 0.25) is 11.8 Å². The Balaban J connectivity index is 1.54. The average molecular weight is 362 g/mol. The van der Waals surface area contributed by atoms with Crippen molar-refractivity contribution in [1.29, 1.82) is 5.41 Å². The molecule has 0 aliphatic heterocycles. The van der Waals surface area contributed by atoms with Crippen LogP contribution in [-0.2, 0) is 9.59 Å². The third kappa shape index (κ3) is 4.00.